The summed E-state index contributed by atoms with van der Waals surface area (Å²) < 4.78 is 10.8. The Hall–Kier alpha value is -2.59. The fourth-order valence-electron chi connectivity index (χ4n) is 4.38. The van der Waals surface area contributed by atoms with E-state index in [9.17, 15) is 0 Å². The van der Waals surface area contributed by atoms with E-state index in [1.165, 1.54) is 16.5 Å². The highest BCUT2D eigenvalue weighted by molar-refractivity contribution is 14.0. The Labute approximate surface area is 219 Å². The van der Waals surface area contributed by atoms with Gasteiger partial charge in [-0.25, -0.2) is 0 Å². The lowest BCUT2D eigenvalue weighted by atomic mass is 10.1. The maximum Gasteiger partial charge on any atom is 0.191 e. The number of nitrogens with one attached hydrogen (secondary N) is 2. The average Bonchev–Trinajstić information content (AvgIpc) is 3.29. The number of halogens is 1. The average molecular weight is 575 g/mol. The van der Waals surface area contributed by atoms with Crippen molar-refractivity contribution in [1.82, 2.24) is 20.5 Å². The van der Waals surface area contributed by atoms with Crippen molar-refractivity contribution in [1.29, 1.82) is 0 Å². The number of likely N-dealkylation sites (tertiary alicyclic amines) is 1. The largest absolute Gasteiger partial charge is 0.497 e. The maximum absolute atomic E-state index is 5.40. The van der Waals surface area contributed by atoms with Crippen LogP contribution < -0.4 is 20.1 Å². The van der Waals surface area contributed by atoms with Gasteiger partial charge in [0.15, 0.2) is 5.96 Å². The van der Waals surface area contributed by atoms with E-state index < -0.39 is 0 Å². The van der Waals surface area contributed by atoms with Gasteiger partial charge in [-0.3, -0.25) is 14.9 Å². The lowest BCUT2D eigenvalue weighted by Crippen LogP contribution is -2.45. The molecule has 8 heteroatoms. The van der Waals surface area contributed by atoms with E-state index in [1.54, 1.807) is 14.2 Å². The highest BCUT2D eigenvalue weighted by Gasteiger charge is 2.23. The van der Waals surface area contributed by atoms with Gasteiger partial charge in [-0.15, -0.1) is 24.0 Å². The Morgan fingerprint density at radius 2 is 1.88 bits per heavy atom. The molecule has 0 saturated carbocycles. The SMILES string of the molecule is CN=C(NCCc1cccc2cccnc12)NC1CCN(Cc2cc(OC)cc(OC)c2)C1.I. The molecule has 4 rings (SSSR count). The normalized spacial score (nSPS) is 16.2. The van der Waals surface area contributed by atoms with Crippen LogP contribution in [0.25, 0.3) is 10.9 Å². The first-order valence-electron chi connectivity index (χ1n) is 11.4. The van der Waals surface area contributed by atoms with Crippen LogP contribution in [-0.4, -0.2) is 62.8 Å². The van der Waals surface area contributed by atoms with Crippen LogP contribution in [0.15, 0.2) is 59.7 Å². The van der Waals surface area contributed by atoms with Crippen molar-refractivity contribution in [3.05, 3.63) is 65.9 Å². The number of guanidine groups is 1. The van der Waals surface area contributed by atoms with Crippen LogP contribution in [0.1, 0.15) is 17.5 Å². The highest BCUT2D eigenvalue weighted by atomic mass is 127. The minimum atomic E-state index is 0. The zero-order valence-electron chi connectivity index (χ0n) is 20.1. The lowest BCUT2D eigenvalue weighted by Gasteiger charge is -2.19. The Balaban J connectivity index is 0.00000324. The van der Waals surface area contributed by atoms with Gasteiger partial charge in [-0.05, 0) is 42.2 Å². The molecule has 3 aromatic rings. The van der Waals surface area contributed by atoms with Gasteiger partial charge < -0.3 is 20.1 Å². The van der Waals surface area contributed by atoms with Crippen molar-refractivity contribution >= 4 is 40.8 Å². The molecule has 0 aliphatic carbocycles. The number of ether oxygens (including phenoxy) is 2. The summed E-state index contributed by atoms with van der Waals surface area (Å²) in [5.41, 5.74) is 3.51. The van der Waals surface area contributed by atoms with Crippen LogP contribution >= 0.6 is 24.0 Å². The van der Waals surface area contributed by atoms with E-state index in [0.29, 0.717) is 6.04 Å². The smallest absolute Gasteiger partial charge is 0.191 e. The molecular weight excluding hydrogens is 541 g/mol. The quantitative estimate of drug-likeness (QED) is 0.242. The van der Waals surface area contributed by atoms with Crippen LogP contribution in [-0.2, 0) is 13.0 Å². The number of nitrogens with zero attached hydrogens (tertiary/aromatic N) is 3. The van der Waals surface area contributed by atoms with Crippen LogP contribution in [0.4, 0.5) is 0 Å². The molecular formula is C26H34IN5O2. The lowest BCUT2D eigenvalue weighted by molar-refractivity contribution is 0.321. The number of aliphatic imine (C=N–C) groups is 1. The van der Waals surface area contributed by atoms with E-state index in [1.807, 2.05) is 25.4 Å². The highest BCUT2D eigenvalue weighted by Crippen LogP contribution is 2.24. The molecule has 1 unspecified atom stereocenters. The summed E-state index contributed by atoms with van der Waals surface area (Å²) in [5, 5.41) is 8.22. The molecule has 2 heterocycles. The van der Waals surface area contributed by atoms with Gasteiger partial charge in [0.2, 0.25) is 0 Å². The van der Waals surface area contributed by atoms with Crippen molar-refractivity contribution in [2.45, 2.75) is 25.4 Å². The second-order valence-electron chi connectivity index (χ2n) is 8.33. The summed E-state index contributed by atoms with van der Waals surface area (Å²) in [6.45, 7) is 3.67. The zero-order valence-corrected chi connectivity index (χ0v) is 22.4. The minimum Gasteiger partial charge on any atom is -0.497 e. The molecule has 7 nitrogen and oxygen atoms in total. The number of hydrogen-bond acceptors (Lipinski definition) is 5. The van der Waals surface area contributed by atoms with Crippen LogP contribution in [0.3, 0.4) is 0 Å². The summed E-state index contributed by atoms with van der Waals surface area (Å²) in [6, 6.07) is 16.8. The van der Waals surface area contributed by atoms with E-state index in [2.05, 4.69) is 61.9 Å². The van der Waals surface area contributed by atoms with Gasteiger partial charge in [0, 0.05) is 56.9 Å². The van der Waals surface area contributed by atoms with Gasteiger partial charge in [0.25, 0.3) is 0 Å². The van der Waals surface area contributed by atoms with E-state index in [4.69, 9.17) is 9.47 Å². The summed E-state index contributed by atoms with van der Waals surface area (Å²) >= 11 is 0. The minimum absolute atomic E-state index is 0. The van der Waals surface area contributed by atoms with Crippen molar-refractivity contribution < 1.29 is 9.47 Å². The molecule has 0 bridgehead atoms. The van der Waals surface area contributed by atoms with Gasteiger partial charge in [0.1, 0.15) is 11.5 Å². The molecule has 1 aliphatic heterocycles. The number of rotatable bonds is 8. The topological polar surface area (TPSA) is 71.0 Å². The first kappa shape index (κ1) is 26.0. The number of aromatic nitrogens is 1. The van der Waals surface area contributed by atoms with Gasteiger partial charge in [-0.1, -0.05) is 24.3 Å². The number of hydrogen-bond donors (Lipinski definition) is 2. The monoisotopic (exact) mass is 575 g/mol. The molecule has 0 amide bonds. The van der Waals surface area contributed by atoms with Gasteiger partial charge in [-0.2, -0.15) is 0 Å². The zero-order chi connectivity index (χ0) is 23.0. The molecule has 1 saturated heterocycles. The Bertz CT molecular complexity index is 1080. The molecule has 34 heavy (non-hydrogen) atoms. The Morgan fingerprint density at radius 1 is 1.12 bits per heavy atom. The van der Waals surface area contributed by atoms with Crippen LogP contribution in [0, 0.1) is 0 Å². The third-order valence-corrected chi connectivity index (χ3v) is 6.06. The van der Waals surface area contributed by atoms with Crippen molar-refractivity contribution in [2.75, 3.05) is 40.9 Å². The molecule has 1 aliphatic rings. The van der Waals surface area contributed by atoms with Crippen molar-refractivity contribution in [3.63, 3.8) is 0 Å². The molecule has 2 aromatic carbocycles. The van der Waals surface area contributed by atoms with Crippen molar-refractivity contribution in [3.8, 4) is 11.5 Å². The molecule has 182 valence electrons. The predicted molar refractivity (Wildman–Crippen MR) is 149 cm³/mol. The van der Waals surface area contributed by atoms with E-state index in [-0.39, 0.29) is 24.0 Å². The molecule has 1 fully saturated rings. The van der Waals surface area contributed by atoms with Crippen molar-refractivity contribution in [2.24, 2.45) is 4.99 Å². The van der Waals surface area contributed by atoms with Crippen LogP contribution in [0.2, 0.25) is 0 Å². The molecule has 0 spiro atoms. The Kier molecular flexibility index (Phi) is 9.76. The molecule has 1 aromatic heterocycles. The molecule has 2 N–H and O–H groups in total. The summed E-state index contributed by atoms with van der Waals surface area (Å²) in [5.74, 6) is 2.49. The van der Waals surface area contributed by atoms with Gasteiger partial charge >= 0.3 is 0 Å². The number of benzene rings is 2. The summed E-state index contributed by atoms with van der Waals surface area (Å²) in [7, 11) is 5.19. The third kappa shape index (κ3) is 6.73. The number of methoxy groups -OCH3 is 2. The number of para-hydroxylation sites is 1. The third-order valence-electron chi connectivity index (χ3n) is 6.06. The first-order valence-corrected chi connectivity index (χ1v) is 11.4. The summed E-state index contributed by atoms with van der Waals surface area (Å²) in [6.07, 6.45) is 3.83. The second-order valence-corrected chi connectivity index (χ2v) is 8.33. The summed E-state index contributed by atoms with van der Waals surface area (Å²) in [4.78, 5) is 11.4. The standard InChI is InChI=1S/C26H33N5O2.HI/c1-27-26(29-12-9-21-7-4-6-20-8-5-11-28-25(20)21)30-22-10-13-31(18-22)17-19-14-23(32-2)16-24(15-19)33-3;/h4-8,11,14-16,22H,9-10,12-13,17-18H2,1-3H3,(H2,27,29,30);1H. The maximum atomic E-state index is 5.40. The fraction of sp³-hybridized carbons (Fsp3) is 0.385. The number of pyridine rings is 1. The first-order chi connectivity index (χ1) is 16.2. The van der Waals surface area contributed by atoms with Crippen LogP contribution in [0.5, 0.6) is 11.5 Å². The second kappa shape index (κ2) is 12.8. The fourth-order valence-corrected chi connectivity index (χ4v) is 4.38. The molecule has 1 atom stereocenters. The number of fused-ring (bicyclic) bond motifs is 1. The van der Waals surface area contributed by atoms with E-state index in [0.717, 1.165) is 62.0 Å². The van der Waals surface area contributed by atoms with E-state index >= 15 is 0 Å². The molecule has 0 radical (unpaired) electrons. The van der Waals surface area contributed by atoms with Gasteiger partial charge in [0.05, 0.1) is 19.7 Å². The predicted octanol–water partition coefficient (Wildman–Crippen LogP) is 3.85. The Morgan fingerprint density at radius 3 is 2.62 bits per heavy atom.